The Morgan fingerprint density at radius 3 is 2.67 bits per heavy atom. The van der Waals surface area contributed by atoms with E-state index in [0.717, 1.165) is 30.1 Å². The number of nitrogens with zero attached hydrogens (tertiary/aromatic N) is 1. The predicted molar refractivity (Wildman–Crippen MR) is 121 cm³/mol. The molecule has 0 unspecified atom stereocenters. The van der Waals surface area contributed by atoms with Gasteiger partial charge < -0.3 is 10.6 Å². The molecule has 156 valence electrons. The van der Waals surface area contributed by atoms with E-state index in [9.17, 15) is 13.2 Å². The molecule has 2 aromatic rings. The van der Waals surface area contributed by atoms with E-state index in [1.807, 2.05) is 24.3 Å². The van der Waals surface area contributed by atoms with E-state index in [4.69, 9.17) is 0 Å². The van der Waals surface area contributed by atoms with Gasteiger partial charge in [-0.25, -0.2) is 8.42 Å². The van der Waals surface area contributed by atoms with Gasteiger partial charge in [0.2, 0.25) is 0 Å². The molecule has 1 amide bonds. The second-order valence-corrected chi connectivity index (χ2v) is 11.4. The first-order valence-corrected chi connectivity index (χ1v) is 12.9. The molecule has 2 heterocycles. The minimum atomic E-state index is -2.95. The highest BCUT2D eigenvalue weighted by Crippen LogP contribution is 2.34. The van der Waals surface area contributed by atoms with Crippen LogP contribution in [0.1, 0.15) is 40.4 Å². The van der Waals surface area contributed by atoms with Crippen LogP contribution in [-0.4, -0.2) is 42.3 Å². The third kappa shape index (κ3) is 3.98. The third-order valence-electron chi connectivity index (χ3n) is 5.89. The molecule has 3 aliphatic rings. The van der Waals surface area contributed by atoms with Crippen molar-refractivity contribution in [2.75, 3.05) is 16.8 Å². The van der Waals surface area contributed by atoms with Gasteiger partial charge in [-0.05, 0) is 54.7 Å². The molecule has 0 saturated carbocycles. The lowest BCUT2D eigenvalue weighted by Crippen LogP contribution is -2.30. The number of amides is 1. The summed E-state index contributed by atoms with van der Waals surface area (Å²) >= 11 is 1.49. The van der Waals surface area contributed by atoms with Gasteiger partial charge in [0.15, 0.2) is 15.0 Å². The van der Waals surface area contributed by atoms with Crippen LogP contribution in [0, 0.1) is 0 Å². The van der Waals surface area contributed by atoms with E-state index in [1.54, 1.807) is 12.1 Å². The monoisotopic (exact) mass is 441 g/mol. The van der Waals surface area contributed by atoms with Crippen LogP contribution in [0.2, 0.25) is 0 Å². The van der Waals surface area contributed by atoms with Gasteiger partial charge in [-0.15, -0.1) is 0 Å². The van der Waals surface area contributed by atoms with Crippen molar-refractivity contribution >= 4 is 38.4 Å². The van der Waals surface area contributed by atoms with Gasteiger partial charge in [0, 0.05) is 16.5 Å². The molecule has 2 aromatic carbocycles. The average Bonchev–Trinajstić information content (AvgIpc) is 3.21. The number of sulfone groups is 1. The summed E-state index contributed by atoms with van der Waals surface area (Å²) in [5.74, 6) is 0.259. The Kier molecular flexibility index (Phi) is 5.06. The summed E-state index contributed by atoms with van der Waals surface area (Å²) in [4.78, 5) is 17.3. The summed E-state index contributed by atoms with van der Waals surface area (Å²) < 4.78 is 23.4. The summed E-state index contributed by atoms with van der Waals surface area (Å²) in [6.07, 6.45) is 3.10. The molecule has 0 radical (unpaired) electrons. The first-order valence-electron chi connectivity index (χ1n) is 10.2. The van der Waals surface area contributed by atoms with E-state index in [2.05, 4.69) is 27.8 Å². The fourth-order valence-electron chi connectivity index (χ4n) is 4.39. The summed E-state index contributed by atoms with van der Waals surface area (Å²) in [5, 5.41) is 7.18. The normalized spacial score (nSPS) is 26.4. The van der Waals surface area contributed by atoms with E-state index in [-0.39, 0.29) is 34.7 Å². The van der Waals surface area contributed by atoms with Crippen molar-refractivity contribution in [1.82, 2.24) is 5.32 Å². The first kappa shape index (κ1) is 19.6. The molecular formula is C22H23N3O3S2. The van der Waals surface area contributed by atoms with Gasteiger partial charge in [0.25, 0.3) is 5.91 Å². The molecule has 8 heteroatoms. The van der Waals surface area contributed by atoms with Crippen LogP contribution < -0.4 is 10.6 Å². The van der Waals surface area contributed by atoms with Gasteiger partial charge in [-0.1, -0.05) is 36.0 Å². The Bertz CT molecular complexity index is 1110. The average molecular weight is 442 g/mol. The van der Waals surface area contributed by atoms with Crippen molar-refractivity contribution in [1.29, 1.82) is 0 Å². The molecule has 1 aliphatic carbocycles. The Hall–Kier alpha value is -2.32. The fourth-order valence-corrected chi connectivity index (χ4v) is 8.07. The molecule has 3 atom stereocenters. The van der Waals surface area contributed by atoms with Crippen molar-refractivity contribution in [2.45, 2.75) is 36.6 Å². The Morgan fingerprint density at radius 1 is 1.07 bits per heavy atom. The first-order chi connectivity index (χ1) is 14.5. The maximum absolute atomic E-state index is 12.8. The largest absolute Gasteiger partial charge is 0.345 e. The zero-order valence-electron chi connectivity index (χ0n) is 16.4. The number of rotatable bonds is 3. The summed E-state index contributed by atoms with van der Waals surface area (Å²) in [7, 11) is -2.95. The zero-order valence-corrected chi connectivity index (χ0v) is 18.0. The van der Waals surface area contributed by atoms with Crippen molar-refractivity contribution < 1.29 is 13.2 Å². The molecule has 1 saturated heterocycles. The smallest absolute Gasteiger partial charge is 0.251 e. The van der Waals surface area contributed by atoms with E-state index < -0.39 is 9.84 Å². The highest BCUT2D eigenvalue weighted by atomic mass is 32.2. The number of hydrogen-bond donors (Lipinski definition) is 2. The number of amidine groups is 1. The number of anilines is 1. The lowest BCUT2D eigenvalue weighted by Gasteiger charge is -2.26. The van der Waals surface area contributed by atoms with Crippen molar-refractivity contribution in [3.63, 3.8) is 0 Å². The van der Waals surface area contributed by atoms with Crippen LogP contribution >= 0.6 is 11.8 Å². The van der Waals surface area contributed by atoms with Crippen LogP contribution in [0.3, 0.4) is 0 Å². The SMILES string of the molecule is O=C(N[C@@H]1CCCc2ccccc21)c1ccc(NC2=N[C@@H]3CS(=O)(=O)C[C@@H]3S2)cc1. The number of carbonyl (C=O) groups is 1. The highest BCUT2D eigenvalue weighted by Gasteiger charge is 2.42. The van der Waals surface area contributed by atoms with Crippen LogP contribution in [0.4, 0.5) is 5.69 Å². The van der Waals surface area contributed by atoms with E-state index in [0.29, 0.717) is 5.56 Å². The summed E-state index contributed by atoms with van der Waals surface area (Å²) in [6.45, 7) is 0. The molecular weight excluding hydrogens is 418 g/mol. The molecule has 30 heavy (non-hydrogen) atoms. The van der Waals surface area contributed by atoms with Gasteiger partial charge >= 0.3 is 0 Å². The van der Waals surface area contributed by atoms with Crippen LogP contribution in [0.25, 0.3) is 0 Å². The van der Waals surface area contributed by atoms with E-state index >= 15 is 0 Å². The molecule has 2 aliphatic heterocycles. The highest BCUT2D eigenvalue weighted by molar-refractivity contribution is 8.15. The van der Waals surface area contributed by atoms with Gasteiger partial charge in [-0.2, -0.15) is 0 Å². The second kappa shape index (κ2) is 7.74. The number of aryl methyl sites for hydroxylation is 1. The quantitative estimate of drug-likeness (QED) is 0.764. The molecule has 6 nitrogen and oxygen atoms in total. The third-order valence-corrected chi connectivity index (χ3v) is 9.03. The molecule has 5 rings (SSSR count). The number of aliphatic imine (C=N–C) groups is 1. The summed E-state index contributed by atoms with van der Waals surface area (Å²) in [6, 6.07) is 15.6. The van der Waals surface area contributed by atoms with Crippen LogP contribution in [-0.2, 0) is 16.3 Å². The van der Waals surface area contributed by atoms with Crippen molar-refractivity contribution in [3.05, 3.63) is 65.2 Å². The lowest BCUT2D eigenvalue weighted by atomic mass is 9.87. The molecule has 0 aromatic heterocycles. The minimum absolute atomic E-state index is 0.0147. The Balaban J connectivity index is 1.22. The van der Waals surface area contributed by atoms with Gasteiger partial charge in [0.05, 0.1) is 23.6 Å². The van der Waals surface area contributed by atoms with Crippen molar-refractivity contribution in [3.8, 4) is 0 Å². The Morgan fingerprint density at radius 2 is 1.87 bits per heavy atom. The van der Waals surface area contributed by atoms with Crippen LogP contribution in [0.15, 0.2) is 53.5 Å². The fraction of sp³-hybridized carbons (Fsp3) is 0.364. The molecule has 1 fully saturated rings. The summed E-state index contributed by atoms with van der Waals surface area (Å²) in [5.41, 5.74) is 4.00. The minimum Gasteiger partial charge on any atom is -0.345 e. The molecule has 0 bridgehead atoms. The number of benzene rings is 2. The topological polar surface area (TPSA) is 87.6 Å². The maximum atomic E-state index is 12.8. The van der Waals surface area contributed by atoms with Gasteiger partial charge in [0.1, 0.15) is 0 Å². The van der Waals surface area contributed by atoms with Crippen molar-refractivity contribution in [2.24, 2.45) is 4.99 Å². The zero-order chi connectivity index (χ0) is 20.7. The molecule has 2 N–H and O–H groups in total. The maximum Gasteiger partial charge on any atom is 0.251 e. The van der Waals surface area contributed by atoms with Gasteiger partial charge in [-0.3, -0.25) is 9.79 Å². The number of carbonyl (C=O) groups excluding carboxylic acids is 1. The predicted octanol–water partition coefficient (Wildman–Crippen LogP) is 3.17. The Labute approximate surface area is 180 Å². The number of fused-ring (bicyclic) bond motifs is 2. The van der Waals surface area contributed by atoms with Crippen LogP contribution in [0.5, 0.6) is 0 Å². The number of nitrogens with one attached hydrogen (secondary N) is 2. The number of thioether (sulfide) groups is 1. The second-order valence-electron chi connectivity index (χ2n) is 8.05. The van der Waals surface area contributed by atoms with E-state index in [1.165, 1.54) is 22.9 Å². The lowest BCUT2D eigenvalue weighted by molar-refractivity contribution is 0.0933. The number of hydrogen-bond acceptors (Lipinski definition) is 6. The molecule has 0 spiro atoms. The standard InChI is InChI=1S/C22H23N3O3S2/c26-21(24-18-7-3-5-14-4-1-2-6-17(14)18)15-8-10-16(11-9-15)23-22-25-19-12-30(27,28)13-20(19)29-22/h1-2,4,6,8-11,18-20H,3,5,7,12-13H2,(H,23,25)(H,24,26)/t18-,19-,20+/m1/s1.